The number of fused-ring (bicyclic) bond motifs is 1. The van der Waals surface area contributed by atoms with Gasteiger partial charge < -0.3 is 10.6 Å². The third-order valence-electron chi connectivity index (χ3n) is 3.41. The van der Waals surface area contributed by atoms with Crippen molar-refractivity contribution in [3.05, 3.63) is 42.1 Å². The van der Waals surface area contributed by atoms with Crippen LogP contribution in [0.2, 0.25) is 0 Å². The molecule has 1 saturated heterocycles. The van der Waals surface area contributed by atoms with E-state index in [0.29, 0.717) is 19.4 Å². The Balaban J connectivity index is 1.64. The van der Waals surface area contributed by atoms with Crippen molar-refractivity contribution in [3.8, 4) is 0 Å². The number of hydrogen-bond acceptors (Lipinski definition) is 3. The van der Waals surface area contributed by atoms with Gasteiger partial charge in [-0.15, -0.1) is 0 Å². The van der Waals surface area contributed by atoms with Crippen molar-refractivity contribution < 1.29 is 9.59 Å². The number of para-hydroxylation sites is 1. The third-order valence-corrected chi connectivity index (χ3v) is 3.41. The van der Waals surface area contributed by atoms with E-state index in [-0.39, 0.29) is 11.8 Å². The third kappa shape index (κ3) is 2.61. The molecule has 1 aliphatic rings. The van der Waals surface area contributed by atoms with Gasteiger partial charge in [-0.05, 0) is 18.6 Å². The molecule has 2 aromatic rings. The number of carbonyl (C=O) groups is 2. The average molecular weight is 269 g/mol. The number of benzene rings is 1. The van der Waals surface area contributed by atoms with Crippen LogP contribution >= 0.6 is 0 Å². The first-order valence-corrected chi connectivity index (χ1v) is 6.64. The number of rotatable bonds is 3. The highest BCUT2D eigenvalue weighted by Gasteiger charge is 2.26. The van der Waals surface area contributed by atoms with Crippen LogP contribution in [0.5, 0.6) is 0 Å². The molecule has 0 bridgehead atoms. The minimum Gasteiger partial charge on any atom is -0.349 e. The smallest absolute Gasteiger partial charge is 0.242 e. The van der Waals surface area contributed by atoms with Gasteiger partial charge in [-0.25, -0.2) is 0 Å². The van der Waals surface area contributed by atoms with Crippen molar-refractivity contribution in [2.24, 2.45) is 0 Å². The maximum absolute atomic E-state index is 11.9. The zero-order chi connectivity index (χ0) is 13.9. The lowest BCUT2D eigenvalue weighted by molar-refractivity contribution is -0.125. The zero-order valence-corrected chi connectivity index (χ0v) is 10.9. The molecule has 0 spiro atoms. The molecule has 1 aromatic heterocycles. The predicted octanol–water partition coefficient (Wildman–Crippen LogP) is 1.13. The summed E-state index contributed by atoms with van der Waals surface area (Å²) in [6, 6.07) is 11.3. The first-order chi connectivity index (χ1) is 9.72. The van der Waals surface area contributed by atoms with Gasteiger partial charge in [-0.1, -0.05) is 24.3 Å². The minimum atomic E-state index is -0.400. The lowest BCUT2D eigenvalue weighted by atomic mass is 10.2. The van der Waals surface area contributed by atoms with Crippen molar-refractivity contribution in [1.82, 2.24) is 15.6 Å². The monoisotopic (exact) mass is 269 g/mol. The average Bonchev–Trinajstić information content (AvgIpc) is 2.91. The summed E-state index contributed by atoms with van der Waals surface area (Å²) in [6.07, 6.45) is 0.988. The molecule has 20 heavy (non-hydrogen) atoms. The lowest BCUT2D eigenvalue weighted by Crippen LogP contribution is -2.41. The van der Waals surface area contributed by atoms with Crippen molar-refractivity contribution in [3.63, 3.8) is 0 Å². The van der Waals surface area contributed by atoms with E-state index in [4.69, 9.17) is 0 Å². The van der Waals surface area contributed by atoms with Crippen LogP contribution in [-0.4, -0.2) is 22.8 Å². The molecule has 1 aliphatic heterocycles. The maximum atomic E-state index is 11.9. The second-order valence-electron chi connectivity index (χ2n) is 4.87. The molecule has 3 rings (SSSR count). The Kier molecular flexibility index (Phi) is 3.33. The zero-order valence-electron chi connectivity index (χ0n) is 10.9. The lowest BCUT2D eigenvalue weighted by Gasteiger charge is -2.10. The van der Waals surface area contributed by atoms with E-state index in [1.807, 2.05) is 36.4 Å². The summed E-state index contributed by atoms with van der Waals surface area (Å²) in [6.45, 7) is 0.371. The summed E-state index contributed by atoms with van der Waals surface area (Å²) in [5, 5.41) is 6.53. The van der Waals surface area contributed by atoms with Crippen molar-refractivity contribution in [1.29, 1.82) is 0 Å². The van der Waals surface area contributed by atoms with Crippen LogP contribution in [0.25, 0.3) is 10.9 Å². The molecular formula is C15H15N3O2. The molecule has 1 atom stereocenters. The second kappa shape index (κ2) is 5.28. The number of aromatic nitrogens is 1. The van der Waals surface area contributed by atoms with Gasteiger partial charge >= 0.3 is 0 Å². The fourth-order valence-electron chi connectivity index (χ4n) is 2.32. The van der Waals surface area contributed by atoms with E-state index in [1.54, 1.807) is 0 Å². The molecule has 5 heteroatoms. The Morgan fingerprint density at radius 1 is 1.30 bits per heavy atom. The van der Waals surface area contributed by atoms with Crippen LogP contribution in [0.3, 0.4) is 0 Å². The number of nitrogens with zero attached hydrogens (tertiary/aromatic N) is 1. The minimum absolute atomic E-state index is 0.0611. The van der Waals surface area contributed by atoms with Gasteiger partial charge in [0.1, 0.15) is 6.04 Å². The van der Waals surface area contributed by atoms with Crippen LogP contribution in [0.4, 0.5) is 0 Å². The summed E-state index contributed by atoms with van der Waals surface area (Å²) in [5.41, 5.74) is 1.72. The summed E-state index contributed by atoms with van der Waals surface area (Å²) in [5.74, 6) is -0.209. The van der Waals surface area contributed by atoms with Crippen LogP contribution in [0.1, 0.15) is 18.5 Å². The first-order valence-electron chi connectivity index (χ1n) is 6.64. The number of amides is 2. The molecule has 2 heterocycles. The van der Waals surface area contributed by atoms with Crippen molar-refractivity contribution in [2.45, 2.75) is 25.4 Å². The molecule has 1 unspecified atom stereocenters. The highest BCUT2D eigenvalue weighted by molar-refractivity contribution is 5.90. The highest BCUT2D eigenvalue weighted by Crippen LogP contribution is 2.12. The van der Waals surface area contributed by atoms with Gasteiger partial charge in [0.15, 0.2) is 0 Å². The van der Waals surface area contributed by atoms with Crippen LogP contribution in [0.15, 0.2) is 36.4 Å². The van der Waals surface area contributed by atoms with Crippen LogP contribution < -0.4 is 10.6 Å². The van der Waals surface area contributed by atoms with Gasteiger partial charge in [-0.3, -0.25) is 14.6 Å². The maximum Gasteiger partial charge on any atom is 0.242 e. The van der Waals surface area contributed by atoms with E-state index in [0.717, 1.165) is 16.6 Å². The molecule has 102 valence electrons. The molecule has 0 radical (unpaired) electrons. The van der Waals surface area contributed by atoms with E-state index in [9.17, 15) is 9.59 Å². The van der Waals surface area contributed by atoms with Gasteiger partial charge in [0.05, 0.1) is 17.8 Å². The number of nitrogens with one attached hydrogen (secondary N) is 2. The SMILES string of the molecule is O=C1CCC(C(=O)NCc2ccc3ccccc3n2)N1. The second-order valence-corrected chi connectivity index (χ2v) is 4.87. The highest BCUT2D eigenvalue weighted by atomic mass is 16.2. The van der Waals surface area contributed by atoms with E-state index < -0.39 is 6.04 Å². The molecule has 2 amide bonds. The summed E-state index contributed by atoms with van der Waals surface area (Å²) in [7, 11) is 0. The van der Waals surface area contributed by atoms with Crippen LogP contribution in [0, 0.1) is 0 Å². The predicted molar refractivity (Wildman–Crippen MR) is 74.8 cm³/mol. The molecular weight excluding hydrogens is 254 g/mol. The number of hydrogen-bond donors (Lipinski definition) is 2. The first kappa shape index (κ1) is 12.6. The normalized spacial score (nSPS) is 18.0. The van der Waals surface area contributed by atoms with E-state index in [2.05, 4.69) is 15.6 Å². The molecule has 1 fully saturated rings. The Hall–Kier alpha value is -2.43. The number of pyridine rings is 1. The van der Waals surface area contributed by atoms with Crippen molar-refractivity contribution in [2.75, 3.05) is 0 Å². The van der Waals surface area contributed by atoms with Crippen LogP contribution in [-0.2, 0) is 16.1 Å². The molecule has 5 nitrogen and oxygen atoms in total. The van der Waals surface area contributed by atoms with Gasteiger partial charge in [0.25, 0.3) is 0 Å². The van der Waals surface area contributed by atoms with E-state index in [1.165, 1.54) is 0 Å². The van der Waals surface area contributed by atoms with Gasteiger partial charge in [-0.2, -0.15) is 0 Å². The Labute approximate surface area is 116 Å². The quantitative estimate of drug-likeness (QED) is 0.877. The molecule has 2 N–H and O–H groups in total. The standard InChI is InChI=1S/C15H15N3O2/c19-14-8-7-13(18-14)15(20)16-9-11-6-5-10-3-1-2-4-12(10)17-11/h1-6,13H,7-9H2,(H,16,20)(H,18,19). The fraction of sp³-hybridized carbons (Fsp3) is 0.267. The van der Waals surface area contributed by atoms with Gasteiger partial charge in [0, 0.05) is 11.8 Å². The molecule has 0 saturated carbocycles. The van der Waals surface area contributed by atoms with Crippen molar-refractivity contribution >= 4 is 22.7 Å². The summed E-state index contributed by atoms with van der Waals surface area (Å²) in [4.78, 5) is 27.4. The Bertz CT molecular complexity index is 669. The number of carbonyl (C=O) groups excluding carboxylic acids is 2. The summed E-state index contributed by atoms with van der Waals surface area (Å²) >= 11 is 0. The summed E-state index contributed by atoms with van der Waals surface area (Å²) < 4.78 is 0. The molecule has 1 aromatic carbocycles. The molecule has 0 aliphatic carbocycles. The Morgan fingerprint density at radius 3 is 2.95 bits per heavy atom. The van der Waals surface area contributed by atoms with Gasteiger partial charge in [0.2, 0.25) is 11.8 Å². The van der Waals surface area contributed by atoms with E-state index >= 15 is 0 Å². The Morgan fingerprint density at radius 2 is 2.15 bits per heavy atom. The topological polar surface area (TPSA) is 71.1 Å². The fourth-order valence-corrected chi connectivity index (χ4v) is 2.32. The largest absolute Gasteiger partial charge is 0.349 e.